The molecule has 0 aliphatic carbocycles. The molecule has 0 amide bonds. The lowest BCUT2D eigenvalue weighted by molar-refractivity contribution is -0.166. The average molecular weight is 915 g/mol. The van der Waals surface area contributed by atoms with E-state index in [1.54, 1.807) is 0 Å². The first-order valence-electron chi connectivity index (χ1n) is 26.9. The van der Waals surface area contributed by atoms with Crippen molar-refractivity contribution in [2.24, 2.45) is 0 Å². The van der Waals surface area contributed by atoms with Gasteiger partial charge in [0.1, 0.15) is 13.2 Å². The van der Waals surface area contributed by atoms with Gasteiger partial charge in [-0.1, -0.05) is 214 Å². The van der Waals surface area contributed by atoms with Crippen LogP contribution in [0.15, 0.2) is 109 Å². The van der Waals surface area contributed by atoms with Crippen LogP contribution in [0.1, 0.15) is 233 Å². The van der Waals surface area contributed by atoms with E-state index in [-0.39, 0.29) is 37.5 Å². The van der Waals surface area contributed by atoms with Gasteiger partial charge in [0.05, 0.1) is 0 Å². The SMILES string of the molecule is CC/C=C\C/C=C\C/C=C\C/C=C\CCCCCCCCC(=O)OCC(COC(=O)CC/C=C\C/C=C\CCCCCCCC)OC(=O)CCCCCCCC/C=C\C/C=C\C/C=C\CC. The van der Waals surface area contributed by atoms with Gasteiger partial charge in [-0.25, -0.2) is 0 Å². The number of hydrogen-bond acceptors (Lipinski definition) is 6. The van der Waals surface area contributed by atoms with Crippen molar-refractivity contribution in [3.63, 3.8) is 0 Å². The molecule has 1 atom stereocenters. The largest absolute Gasteiger partial charge is 0.462 e. The van der Waals surface area contributed by atoms with Gasteiger partial charge in [-0.05, 0) is 109 Å². The van der Waals surface area contributed by atoms with E-state index in [0.29, 0.717) is 19.3 Å². The number of carbonyl (C=O) groups is 3. The first-order chi connectivity index (χ1) is 32.5. The molecular formula is C60H98O6. The number of rotatable bonds is 47. The Morgan fingerprint density at radius 1 is 0.318 bits per heavy atom. The van der Waals surface area contributed by atoms with E-state index in [0.717, 1.165) is 122 Å². The fourth-order valence-electron chi connectivity index (χ4n) is 7.03. The monoisotopic (exact) mass is 915 g/mol. The lowest BCUT2D eigenvalue weighted by Gasteiger charge is -2.18. The Hall–Kier alpha value is -3.93. The third-order valence-corrected chi connectivity index (χ3v) is 11.0. The van der Waals surface area contributed by atoms with Crippen molar-refractivity contribution < 1.29 is 28.6 Å². The lowest BCUT2D eigenvalue weighted by Crippen LogP contribution is -2.30. The minimum atomic E-state index is -0.815. The highest BCUT2D eigenvalue weighted by molar-refractivity contribution is 5.71. The van der Waals surface area contributed by atoms with Crippen molar-refractivity contribution >= 4 is 17.9 Å². The average Bonchev–Trinajstić information content (AvgIpc) is 3.31. The number of carbonyl (C=O) groups excluding carboxylic acids is 3. The summed E-state index contributed by atoms with van der Waals surface area (Å²) in [6.45, 7) is 6.32. The van der Waals surface area contributed by atoms with E-state index in [9.17, 15) is 14.4 Å². The van der Waals surface area contributed by atoms with Crippen LogP contribution < -0.4 is 0 Å². The van der Waals surface area contributed by atoms with Gasteiger partial charge in [0.15, 0.2) is 6.10 Å². The summed E-state index contributed by atoms with van der Waals surface area (Å²) in [5.74, 6) is -1.01. The molecule has 0 aliphatic rings. The van der Waals surface area contributed by atoms with Crippen LogP contribution in [0.25, 0.3) is 0 Å². The second kappa shape index (κ2) is 53.7. The highest BCUT2D eigenvalue weighted by Crippen LogP contribution is 2.13. The number of unbranched alkanes of at least 4 members (excludes halogenated alkanes) is 18. The first kappa shape index (κ1) is 62.1. The maximum absolute atomic E-state index is 12.8. The number of ether oxygens (including phenoxy) is 3. The fraction of sp³-hybridized carbons (Fsp3) is 0.650. The lowest BCUT2D eigenvalue weighted by atomic mass is 10.1. The molecule has 0 aliphatic heterocycles. The van der Waals surface area contributed by atoms with Crippen molar-refractivity contribution in [2.45, 2.75) is 239 Å². The molecule has 0 aromatic rings. The summed E-state index contributed by atoms with van der Waals surface area (Å²) in [5, 5.41) is 0. The molecule has 6 heteroatoms. The summed E-state index contributed by atoms with van der Waals surface area (Å²) < 4.78 is 16.7. The predicted octanol–water partition coefficient (Wildman–Crippen LogP) is 17.9. The van der Waals surface area contributed by atoms with Gasteiger partial charge in [-0.15, -0.1) is 0 Å². The Kier molecular flexibility index (Phi) is 50.5. The van der Waals surface area contributed by atoms with Crippen LogP contribution in [0, 0.1) is 0 Å². The standard InChI is InChI=1S/C60H98O6/c1-4-7-10-13-16-19-22-25-27-29-30-31-33-35-38-41-44-47-50-53-59(62)65-56-57(55-64-58(61)52-49-46-43-40-37-34-24-21-18-15-12-9-6-3)66-60(63)54-51-48-45-42-39-36-32-28-26-23-20-17-14-11-8-5-2/h7-8,10-11,16-17,19-20,25-28,30-31,34,37,43,46,57H,4-6,9,12-15,18,21-24,29,32-33,35-36,38-42,44-45,47-56H2,1-3H3/b10-7-,11-8-,19-16-,20-17-,27-25-,28-26-,31-30-,37-34-,46-43-. The minimum absolute atomic E-state index is 0.110. The summed E-state index contributed by atoms with van der Waals surface area (Å²) in [6, 6.07) is 0. The molecule has 0 spiro atoms. The van der Waals surface area contributed by atoms with Crippen LogP contribution in [0.5, 0.6) is 0 Å². The van der Waals surface area contributed by atoms with Crippen LogP contribution in [0.4, 0.5) is 0 Å². The second-order valence-electron chi connectivity index (χ2n) is 17.4. The third kappa shape index (κ3) is 51.1. The first-order valence-corrected chi connectivity index (χ1v) is 26.9. The molecular weight excluding hydrogens is 817 g/mol. The van der Waals surface area contributed by atoms with Gasteiger partial charge in [0.25, 0.3) is 0 Å². The van der Waals surface area contributed by atoms with Gasteiger partial charge in [-0.3, -0.25) is 14.4 Å². The topological polar surface area (TPSA) is 78.9 Å². The van der Waals surface area contributed by atoms with Gasteiger partial charge >= 0.3 is 17.9 Å². The summed E-state index contributed by atoms with van der Waals surface area (Å²) in [5.41, 5.74) is 0. The molecule has 0 bridgehead atoms. The molecule has 0 aromatic carbocycles. The smallest absolute Gasteiger partial charge is 0.306 e. The molecule has 0 N–H and O–H groups in total. The fourth-order valence-corrected chi connectivity index (χ4v) is 7.03. The molecule has 0 rings (SSSR count). The van der Waals surface area contributed by atoms with Gasteiger partial charge < -0.3 is 14.2 Å². The number of allylic oxidation sites excluding steroid dienone is 18. The quantitative estimate of drug-likeness (QED) is 0.0262. The van der Waals surface area contributed by atoms with E-state index in [1.165, 1.54) is 64.2 Å². The number of hydrogen-bond donors (Lipinski definition) is 0. The minimum Gasteiger partial charge on any atom is -0.462 e. The van der Waals surface area contributed by atoms with Crippen molar-refractivity contribution in [3.8, 4) is 0 Å². The Labute approximate surface area is 406 Å². The van der Waals surface area contributed by atoms with Crippen LogP contribution in [-0.4, -0.2) is 37.2 Å². The molecule has 6 nitrogen and oxygen atoms in total. The molecule has 0 saturated heterocycles. The van der Waals surface area contributed by atoms with Crippen LogP contribution >= 0.6 is 0 Å². The van der Waals surface area contributed by atoms with Crippen molar-refractivity contribution in [3.05, 3.63) is 109 Å². The zero-order valence-electron chi connectivity index (χ0n) is 42.7. The molecule has 66 heavy (non-hydrogen) atoms. The molecule has 0 fully saturated rings. The zero-order chi connectivity index (χ0) is 47.9. The number of esters is 3. The summed E-state index contributed by atoms with van der Waals surface area (Å²) in [6.07, 6.45) is 72.3. The zero-order valence-corrected chi connectivity index (χ0v) is 42.7. The van der Waals surface area contributed by atoms with Crippen molar-refractivity contribution in [2.75, 3.05) is 13.2 Å². The van der Waals surface area contributed by atoms with E-state index < -0.39 is 6.10 Å². The van der Waals surface area contributed by atoms with E-state index in [1.807, 2.05) is 6.08 Å². The summed E-state index contributed by atoms with van der Waals surface area (Å²) in [4.78, 5) is 38.0. The van der Waals surface area contributed by atoms with Gasteiger partial charge in [-0.2, -0.15) is 0 Å². The van der Waals surface area contributed by atoms with E-state index in [2.05, 4.69) is 124 Å². The Morgan fingerprint density at radius 3 is 1.02 bits per heavy atom. The van der Waals surface area contributed by atoms with Crippen LogP contribution in [-0.2, 0) is 28.6 Å². The van der Waals surface area contributed by atoms with Crippen LogP contribution in [0.3, 0.4) is 0 Å². The van der Waals surface area contributed by atoms with Crippen molar-refractivity contribution in [1.29, 1.82) is 0 Å². The van der Waals surface area contributed by atoms with Gasteiger partial charge in [0.2, 0.25) is 0 Å². The summed E-state index contributed by atoms with van der Waals surface area (Å²) >= 11 is 0. The molecule has 1 unspecified atom stereocenters. The van der Waals surface area contributed by atoms with E-state index in [4.69, 9.17) is 14.2 Å². The molecule has 374 valence electrons. The Bertz CT molecular complexity index is 1370. The Morgan fingerprint density at radius 2 is 0.621 bits per heavy atom. The van der Waals surface area contributed by atoms with Crippen LogP contribution in [0.2, 0.25) is 0 Å². The maximum Gasteiger partial charge on any atom is 0.306 e. The second-order valence-corrected chi connectivity index (χ2v) is 17.4. The maximum atomic E-state index is 12.8. The molecule has 0 aromatic heterocycles. The van der Waals surface area contributed by atoms with Gasteiger partial charge in [0, 0.05) is 19.3 Å². The molecule has 0 radical (unpaired) electrons. The summed E-state index contributed by atoms with van der Waals surface area (Å²) in [7, 11) is 0. The van der Waals surface area contributed by atoms with Crippen molar-refractivity contribution in [1.82, 2.24) is 0 Å². The Balaban J connectivity index is 4.49. The highest BCUT2D eigenvalue weighted by atomic mass is 16.6. The van der Waals surface area contributed by atoms with E-state index >= 15 is 0 Å². The third-order valence-electron chi connectivity index (χ3n) is 11.0. The predicted molar refractivity (Wildman–Crippen MR) is 283 cm³/mol. The molecule has 0 heterocycles. The molecule has 0 saturated carbocycles. The highest BCUT2D eigenvalue weighted by Gasteiger charge is 2.19. The normalized spacial score (nSPS) is 13.0.